The second-order valence-electron chi connectivity index (χ2n) is 31.2. The Morgan fingerprint density at radius 2 is 0.785 bits per heavy atom. The molecule has 28 nitrogen and oxygen atoms in total. The number of carbonyl (C=O) groups is 7. The number of nitrogens with zero attached hydrogens (tertiary/aromatic N) is 10. The third-order valence-electron chi connectivity index (χ3n) is 22.4. The van der Waals surface area contributed by atoms with Crippen molar-refractivity contribution >= 4 is 147 Å². The van der Waals surface area contributed by atoms with Crippen molar-refractivity contribution in [3.8, 4) is 23.0 Å². The van der Waals surface area contributed by atoms with Gasteiger partial charge in [0, 0.05) is 112 Å². The van der Waals surface area contributed by atoms with Gasteiger partial charge in [-0.05, 0) is 154 Å². The molecule has 7 aromatic carbocycles. The van der Waals surface area contributed by atoms with Gasteiger partial charge in [0.2, 0.25) is 21.7 Å². The lowest BCUT2D eigenvalue weighted by atomic mass is 10.0. The number of rotatable bonds is 23. The maximum Gasteiger partial charge on any atom is 0.353 e. The number of aromatic nitrogens is 5. The molecule has 16 rings (SSSR count). The molecule has 135 heavy (non-hydrogen) atoms. The van der Waals surface area contributed by atoms with Crippen LogP contribution in [0.15, 0.2) is 220 Å². The summed E-state index contributed by atoms with van der Waals surface area (Å²) in [5.41, 5.74) is 1.99. The fourth-order valence-corrected chi connectivity index (χ4v) is 18.1. The van der Waals surface area contributed by atoms with E-state index in [1.54, 1.807) is 49.1 Å². The third kappa shape index (κ3) is 21.6. The number of halogens is 11. The van der Waals surface area contributed by atoms with Crippen LogP contribution in [0, 0.1) is 23.3 Å². The van der Waals surface area contributed by atoms with Crippen LogP contribution >= 0.6 is 94.2 Å². The molecule has 0 spiro atoms. The second kappa shape index (κ2) is 43.6. The van der Waals surface area contributed by atoms with Gasteiger partial charge in [0.25, 0.3) is 41.0 Å². The molecule has 0 saturated heterocycles. The van der Waals surface area contributed by atoms with Crippen molar-refractivity contribution in [2.75, 3.05) is 46.8 Å². The average Bonchev–Trinajstić information content (AvgIpc) is 0.750. The Balaban J connectivity index is 0.000000153. The lowest BCUT2D eigenvalue weighted by molar-refractivity contribution is 0.0637. The smallest absolute Gasteiger partial charge is 0.353 e. The first kappa shape index (κ1) is 99.6. The van der Waals surface area contributed by atoms with E-state index in [1.165, 1.54) is 110 Å². The number of hydrogen-bond acceptors (Lipinski definition) is 16. The molecule has 0 saturated carbocycles. The molecule has 9 heterocycles. The Bertz CT molecular complexity index is 7100. The molecular formula is C96H82Br3Cl4F4N11O17. The van der Waals surface area contributed by atoms with E-state index in [4.69, 9.17) is 60.6 Å². The molecule has 4 aliphatic heterocycles. The normalized spacial score (nSPS) is 13.2. The number of aromatic carboxylic acids is 1. The molecule has 3 N–H and O–H groups in total. The summed E-state index contributed by atoms with van der Waals surface area (Å²) in [5.74, 6) is -7.80. The topological polar surface area (TPSA) is 326 Å². The summed E-state index contributed by atoms with van der Waals surface area (Å²) in [6.45, 7) is 6.48. The lowest BCUT2D eigenvalue weighted by Gasteiger charge is -2.33. The van der Waals surface area contributed by atoms with E-state index in [-0.39, 0.29) is 200 Å². The molecule has 39 heteroatoms. The number of carboxylic acid groups (broad SMARTS) is 1. The number of pyridine rings is 5. The highest BCUT2D eigenvalue weighted by Crippen LogP contribution is 2.36. The minimum absolute atomic E-state index is 0.00336. The molecule has 12 aromatic rings. The van der Waals surface area contributed by atoms with Gasteiger partial charge in [0.1, 0.15) is 70.2 Å². The Kier molecular flexibility index (Phi) is 32.2. The molecule has 0 aliphatic carbocycles. The van der Waals surface area contributed by atoms with Gasteiger partial charge in [-0.1, -0.05) is 181 Å². The van der Waals surface area contributed by atoms with Gasteiger partial charge in [-0.2, -0.15) is 0 Å². The summed E-state index contributed by atoms with van der Waals surface area (Å²) in [4.78, 5) is 165. The van der Waals surface area contributed by atoms with Crippen LogP contribution < -0.4 is 46.8 Å². The Hall–Kier alpha value is -12.9. The van der Waals surface area contributed by atoms with Crippen LogP contribution in [0.3, 0.4) is 0 Å². The maximum atomic E-state index is 13.8. The number of aryl methyl sites for hydroxylation is 2. The molecule has 0 bridgehead atoms. The van der Waals surface area contributed by atoms with Crippen LogP contribution in [0.1, 0.15) is 132 Å². The van der Waals surface area contributed by atoms with Gasteiger partial charge in [-0.15, -0.1) is 0 Å². The molecule has 0 radical (unpaired) electrons. The summed E-state index contributed by atoms with van der Waals surface area (Å²) >= 11 is 33.1. The Morgan fingerprint density at radius 1 is 0.459 bits per heavy atom. The second-order valence-corrected chi connectivity index (χ2v) is 35.2. The first-order valence-electron chi connectivity index (χ1n) is 41.7. The number of aromatic hydroxyl groups is 1. The number of carboxylic acids is 1. The monoisotopic (exact) mass is 2110 g/mol. The van der Waals surface area contributed by atoms with Gasteiger partial charge >= 0.3 is 5.97 Å². The van der Waals surface area contributed by atoms with E-state index >= 15 is 0 Å². The van der Waals surface area contributed by atoms with Crippen LogP contribution in [-0.2, 0) is 85.6 Å². The van der Waals surface area contributed by atoms with Crippen molar-refractivity contribution < 1.29 is 75.5 Å². The zero-order chi connectivity index (χ0) is 97.2. The largest absolute Gasteiger partial charge is 0.503 e. The van der Waals surface area contributed by atoms with Crippen LogP contribution in [0.25, 0.3) is 10.9 Å². The molecule has 6 amide bonds. The summed E-state index contributed by atoms with van der Waals surface area (Å²) < 4.78 is 78.7. The fraction of sp³-hybridized carbons (Fsp3) is 0.229. The van der Waals surface area contributed by atoms with E-state index < -0.39 is 97.7 Å². The zero-order valence-corrected chi connectivity index (χ0v) is 80.3. The van der Waals surface area contributed by atoms with Gasteiger partial charge in [0.05, 0.1) is 34.4 Å². The molecule has 700 valence electrons. The van der Waals surface area contributed by atoms with Crippen molar-refractivity contribution in [1.29, 1.82) is 0 Å². The van der Waals surface area contributed by atoms with E-state index in [0.717, 1.165) is 16.7 Å². The number of ether oxygens (including phenoxy) is 3. The molecular weight excluding hydrogens is 2040 g/mol. The molecule has 5 aromatic heterocycles. The van der Waals surface area contributed by atoms with Crippen molar-refractivity contribution in [3.05, 3.63) is 375 Å². The first-order chi connectivity index (χ1) is 64.5. The van der Waals surface area contributed by atoms with E-state index in [1.807, 2.05) is 105 Å². The third-order valence-corrected chi connectivity index (χ3v) is 25.7. The summed E-state index contributed by atoms with van der Waals surface area (Å²) in [5, 5.41) is 22.7. The van der Waals surface area contributed by atoms with Crippen molar-refractivity contribution in [3.63, 3.8) is 0 Å². The Morgan fingerprint density at radius 3 is 1.12 bits per heavy atom. The van der Waals surface area contributed by atoms with Crippen LogP contribution in [0.5, 0.6) is 23.0 Å². The quantitative estimate of drug-likeness (QED) is 0.0396. The summed E-state index contributed by atoms with van der Waals surface area (Å²) in [6, 6.07) is 44.3. The van der Waals surface area contributed by atoms with Gasteiger partial charge in [-0.25, -0.2) is 22.4 Å². The lowest BCUT2D eigenvalue weighted by Crippen LogP contribution is -2.44. The SMILES string of the molecule is C/C=C/CN(C)C(=O)c1c(Br)c(=O)c(OCc2ccccc2)c2n1CCN(Cc1ccc(F)c(Cl)c1)C2=O.CCc1cn(C)c(=O)c2c1c(=O)c(O)c1n2CCN(Cc2ccc(F)c(Cl)c2)C1=O.CNC(=O)c1c(Br)c(=O)c(OCc2ccccc2)c2n1CCN(Cc1ccc(F)c(Cl)c1)C2=O.O=C(O)c1c(Br)c(=O)c(OCc2ccccc2)c2n1CCN(Cc1ccc(F)c(Cl)c1)C2=O. The van der Waals surface area contributed by atoms with E-state index in [9.17, 15) is 85.3 Å². The minimum Gasteiger partial charge on any atom is -0.503 e. The highest BCUT2D eigenvalue weighted by Gasteiger charge is 2.41. The highest BCUT2D eigenvalue weighted by atomic mass is 79.9. The molecule has 0 atom stereocenters. The number of benzene rings is 7. The predicted molar refractivity (Wildman–Crippen MR) is 509 cm³/mol. The molecule has 0 fully saturated rings. The number of fused-ring (bicyclic) bond motifs is 6. The number of carbonyl (C=O) groups excluding carboxylic acids is 6. The van der Waals surface area contributed by atoms with Crippen LogP contribution in [0.4, 0.5) is 17.6 Å². The number of hydrogen-bond donors (Lipinski definition) is 3. The van der Waals surface area contributed by atoms with E-state index in [0.29, 0.717) is 40.8 Å². The standard InChI is InChI=1S/C28H26BrClFN3O4.C24H20BrClFN3O4.C23H17BrClFN2O5.C21H19ClFN3O4/c1-3-4-12-32(2)27(36)23-22(29)25(35)26(38-17-18-8-6-5-7-9-18)24-28(37)33(13-14-34(23)24)16-19-10-11-21(31)20(30)15-19;1-28-23(32)19-18(25)21(31)22(34-13-14-5-3-2-4-6-14)20-24(33)29(9-10-30(19)20)12-15-7-8-17(27)16(26)11-15;24-17-18(23(31)32)28-9-8-27(11-14-6-7-16(26)15(25)10-14)22(30)19(28)21(20(17)29)33-12-13-4-2-1-3-5-13;1-3-12-10-24(2)20(29)16-15(12)18(27)19(28)17-21(30)25(6-7-26(16)17)9-11-4-5-14(23)13(22)8-11/h3-11,15H,12-14,16-17H2,1-2H3;2-8,11H,9-10,12-13H2,1H3,(H,28,32);1-7,10H,8-9,11-12H2,(H,31,32);4-5,8,10,28H,3,6-7,9H2,1-2H3/b4-3+;;;. The summed E-state index contributed by atoms with van der Waals surface area (Å²) in [7, 11) is 4.66. The van der Waals surface area contributed by atoms with Crippen molar-refractivity contribution in [2.24, 2.45) is 7.05 Å². The fourth-order valence-electron chi connectivity index (χ4n) is 15.6. The zero-order valence-electron chi connectivity index (χ0n) is 72.5. The van der Waals surface area contributed by atoms with Crippen molar-refractivity contribution in [2.45, 2.75) is 92.4 Å². The predicted octanol–water partition coefficient (Wildman–Crippen LogP) is 16.0. The van der Waals surface area contributed by atoms with Crippen LogP contribution in [0.2, 0.25) is 20.1 Å². The number of allylic oxidation sites excluding steroid dienone is 1. The maximum absolute atomic E-state index is 13.8. The van der Waals surface area contributed by atoms with Gasteiger partial charge < -0.3 is 77.1 Å². The first-order valence-corrected chi connectivity index (χ1v) is 45.6. The van der Waals surface area contributed by atoms with E-state index in [2.05, 4.69) is 53.1 Å². The van der Waals surface area contributed by atoms with Gasteiger partial charge in [0.15, 0.2) is 45.8 Å². The minimum atomic E-state index is -1.35. The highest BCUT2D eigenvalue weighted by molar-refractivity contribution is 9.11. The van der Waals surface area contributed by atoms with Gasteiger partial charge in [-0.3, -0.25) is 52.7 Å². The van der Waals surface area contributed by atoms with Crippen molar-refractivity contribution in [1.82, 2.24) is 52.7 Å². The number of amides is 6. The Labute approximate surface area is 812 Å². The van der Waals surface area contributed by atoms with Crippen LogP contribution in [-0.4, -0.2) is 146 Å². The number of nitrogens with one attached hydrogen (secondary N) is 1. The summed E-state index contributed by atoms with van der Waals surface area (Å²) in [6.07, 6.45) is 5.71. The molecule has 4 aliphatic rings. The molecule has 0 unspecified atom stereocenters. The average molecular weight is 2120 g/mol. The number of likely N-dealkylation sites (N-methyl/N-ethyl adjacent to an activating group) is 1.